The minimum Gasteiger partial charge on any atom is -0.325 e. The molecule has 0 unspecified atom stereocenters. The third kappa shape index (κ3) is 2.09. The first kappa shape index (κ1) is 10.8. The molecule has 2 rings (SSSR count). The largest absolute Gasteiger partial charge is 0.325 e. The van der Waals surface area contributed by atoms with E-state index < -0.39 is 5.38 Å². The molecule has 0 saturated carbocycles. The van der Waals surface area contributed by atoms with Crippen molar-refractivity contribution >= 4 is 34.2 Å². The minimum absolute atomic E-state index is 0.274. The lowest BCUT2D eigenvalue weighted by molar-refractivity contribution is -0.115. The zero-order valence-electron chi connectivity index (χ0n) is 8.50. The van der Waals surface area contributed by atoms with E-state index in [4.69, 9.17) is 11.6 Å². The van der Waals surface area contributed by atoms with E-state index in [1.165, 1.54) is 0 Å². The molecule has 0 radical (unpaired) electrons. The smallest absolute Gasteiger partial charge is 0.323 e. The van der Waals surface area contributed by atoms with Gasteiger partial charge in [0.1, 0.15) is 5.38 Å². The van der Waals surface area contributed by atoms with Crippen LogP contribution in [0.25, 0.3) is 11.0 Å². The van der Waals surface area contributed by atoms with Crippen LogP contribution in [0.4, 0.5) is 5.69 Å². The van der Waals surface area contributed by atoms with Crippen LogP contribution in [0.15, 0.2) is 23.0 Å². The van der Waals surface area contributed by atoms with Gasteiger partial charge in [-0.05, 0) is 25.1 Å². The second-order valence-corrected chi connectivity index (χ2v) is 4.10. The summed E-state index contributed by atoms with van der Waals surface area (Å²) in [4.78, 5) is 27.6. The van der Waals surface area contributed by atoms with Crippen LogP contribution in [0.5, 0.6) is 0 Å². The standard InChI is InChI=1S/C10H10ClN3O2/c1-5(11)9(15)12-6-2-3-7-8(4-6)14-10(16)13-7/h2-5H,1H3,(H,12,15)(H2,13,14,16)/t5-/m1/s1. The van der Waals surface area contributed by atoms with Gasteiger partial charge in [-0.1, -0.05) is 0 Å². The number of anilines is 1. The molecule has 3 N–H and O–H groups in total. The van der Waals surface area contributed by atoms with E-state index in [-0.39, 0.29) is 11.6 Å². The molecular formula is C10H10ClN3O2. The number of imidazole rings is 1. The van der Waals surface area contributed by atoms with Crippen molar-refractivity contribution in [1.82, 2.24) is 9.97 Å². The van der Waals surface area contributed by atoms with Crippen LogP contribution >= 0.6 is 11.6 Å². The van der Waals surface area contributed by atoms with Gasteiger partial charge in [0, 0.05) is 5.69 Å². The van der Waals surface area contributed by atoms with Crippen LogP contribution < -0.4 is 11.0 Å². The number of aromatic amines is 2. The number of hydrogen-bond acceptors (Lipinski definition) is 2. The summed E-state index contributed by atoms with van der Waals surface area (Å²) in [5.74, 6) is -0.279. The Morgan fingerprint density at radius 1 is 1.38 bits per heavy atom. The fourth-order valence-corrected chi connectivity index (χ4v) is 1.41. The average molecular weight is 240 g/mol. The Bertz CT molecular complexity index is 585. The van der Waals surface area contributed by atoms with E-state index in [9.17, 15) is 9.59 Å². The van der Waals surface area contributed by atoms with Gasteiger partial charge in [0.25, 0.3) is 0 Å². The van der Waals surface area contributed by atoms with Crippen LogP contribution in [0.3, 0.4) is 0 Å². The van der Waals surface area contributed by atoms with Gasteiger partial charge in [0.15, 0.2) is 0 Å². The van der Waals surface area contributed by atoms with Gasteiger partial charge in [0.05, 0.1) is 11.0 Å². The molecule has 1 amide bonds. The van der Waals surface area contributed by atoms with Crippen molar-refractivity contribution in [2.45, 2.75) is 12.3 Å². The maximum atomic E-state index is 11.3. The molecular weight excluding hydrogens is 230 g/mol. The van der Waals surface area contributed by atoms with E-state index in [0.29, 0.717) is 16.7 Å². The molecule has 0 bridgehead atoms. The molecule has 0 aliphatic carbocycles. The molecule has 0 spiro atoms. The van der Waals surface area contributed by atoms with Crippen molar-refractivity contribution in [1.29, 1.82) is 0 Å². The second-order valence-electron chi connectivity index (χ2n) is 3.44. The molecule has 5 nitrogen and oxygen atoms in total. The van der Waals surface area contributed by atoms with Crippen molar-refractivity contribution in [2.75, 3.05) is 5.32 Å². The number of hydrogen-bond donors (Lipinski definition) is 3. The Kier molecular flexibility index (Phi) is 2.70. The Balaban J connectivity index is 2.32. The van der Waals surface area contributed by atoms with E-state index in [1.807, 2.05) is 0 Å². The van der Waals surface area contributed by atoms with E-state index in [1.54, 1.807) is 25.1 Å². The first-order chi connectivity index (χ1) is 7.56. The second kappa shape index (κ2) is 4.02. The van der Waals surface area contributed by atoms with Crippen molar-refractivity contribution < 1.29 is 4.79 Å². The Morgan fingerprint density at radius 3 is 2.75 bits per heavy atom. The van der Waals surface area contributed by atoms with Gasteiger partial charge in [0.2, 0.25) is 5.91 Å². The molecule has 2 aromatic rings. The van der Waals surface area contributed by atoms with Crippen molar-refractivity contribution in [3.63, 3.8) is 0 Å². The lowest BCUT2D eigenvalue weighted by Crippen LogP contribution is -2.20. The summed E-state index contributed by atoms with van der Waals surface area (Å²) < 4.78 is 0. The van der Waals surface area contributed by atoms with Gasteiger partial charge in [-0.3, -0.25) is 4.79 Å². The number of benzene rings is 1. The van der Waals surface area contributed by atoms with Gasteiger partial charge < -0.3 is 15.3 Å². The Labute approximate surface area is 95.8 Å². The molecule has 6 heteroatoms. The number of amides is 1. The van der Waals surface area contributed by atoms with Crippen LogP contribution in [0.2, 0.25) is 0 Å². The number of alkyl halides is 1. The molecule has 1 aromatic carbocycles. The van der Waals surface area contributed by atoms with Crippen molar-refractivity contribution in [3.05, 3.63) is 28.7 Å². The zero-order valence-corrected chi connectivity index (χ0v) is 9.26. The molecule has 0 aliphatic heterocycles. The first-order valence-corrected chi connectivity index (χ1v) is 5.17. The average Bonchev–Trinajstić information content (AvgIpc) is 2.57. The molecule has 84 valence electrons. The van der Waals surface area contributed by atoms with Crippen LogP contribution in [0, 0.1) is 0 Å². The summed E-state index contributed by atoms with van der Waals surface area (Å²) in [6, 6.07) is 5.08. The van der Waals surface area contributed by atoms with Crippen LogP contribution in [-0.2, 0) is 4.79 Å². The summed E-state index contributed by atoms with van der Waals surface area (Å²) >= 11 is 5.62. The van der Waals surface area contributed by atoms with E-state index in [0.717, 1.165) is 0 Å². The normalized spacial score (nSPS) is 12.6. The number of carbonyl (C=O) groups is 1. The summed E-state index contributed by atoms with van der Waals surface area (Å²) in [6.45, 7) is 1.59. The predicted molar refractivity (Wildman–Crippen MR) is 62.9 cm³/mol. The fraction of sp³-hybridized carbons (Fsp3) is 0.200. The number of nitrogens with one attached hydrogen (secondary N) is 3. The Hall–Kier alpha value is -1.75. The first-order valence-electron chi connectivity index (χ1n) is 4.73. The van der Waals surface area contributed by atoms with Gasteiger partial charge >= 0.3 is 5.69 Å². The van der Waals surface area contributed by atoms with Crippen molar-refractivity contribution in [3.8, 4) is 0 Å². The molecule has 0 fully saturated rings. The molecule has 1 atom stereocenters. The van der Waals surface area contributed by atoms with Gasteiger partial charge in [-0.25, -0.2) is 4.79 Å². The summed E-state index contributed by atoms with van der Waals surface area (Å²) in [5.41, 5.74) is 1.66. The lowest BCUT2D eigenvalue weighted by Gasteiger charge is -2.05. The topological polar surface area (TPSA) is 77.8 Å². The maximum absolute atomic E-state index is 11.3. The third-order valence-electron chi connectivity index (χ3n) is 2.14. The number of carbonyl (C=O) groups excluding carboxylic acids is 1. The highest BCUT2D eigenvalue weighted by molar-refractivity contribution is 6.32. The highest BCUT2D eigenvalue weighted by Crippen LogP contribution is 2.15. The number of rotatable bonds is 2. The van der Waals surface area contributed by atoms with Crippen molar-refractivity contribution in [2.24, 2.45) is 0 Å². The lowest BCUT2D eigenvalue weighted by atomic mass is 10.2. The molecule has 0 saturated heterocycles. The number of halogens is 1. The predicted octanol–water partition coefficient (Wildman–Crippen LogP) is 1.42. The number of aromatic nitrogens is 2. The number of H-pyrrole nitrogens is 2. The highest BCUT2D eigenvalue weighted by atomic mass is 35.5. The third-order valence-corrected chi connectivity index (χ3v) is 2.34. The fourth-order valence-electron chi connectivity index (χ4n) is 1.35. The van der Waals surface area contributed by atoms with E-state index in [2.05, 4.69) is 15.3 Å². The van der Waals surface area contributed by atoms with Crippen LogP contribution in [-0.4, -0.2) is 21.3 Å². The van der Waals surface area contributed by atoms with Gasteiger partial charge in [-0.15, -0.1) is 11.6 Å². The zero-order chi connectivity index (χ0) is 11.7. The Morgan fingerprint density at radius 2 is 2.06 bits per heavy atom. The summed E-state index contributed by atoms with van der Waals surface area (Å²) in [7, 11) is 0. The SMILES string of the molecule is C[C@@H](Cl)C(=O)Nc1ccc2[nH]c(=O)[nH]c2c1. The van der Waals surface area contributed by atoms with Gasteiger partial charge in [-0.2, -0.15) is 0 Å². The molecule has 16 heavy (non-hydrogen) atoms. The molecule has 1 heterocycles. The number of fused-ring (bicyclic) bond motifs is 1. The van der Waals surface area contributed by atoms with Crippen LogP contribution in [0.1, 0.15) is 6.92 Å². The summed E-state index contributed by atoms with van der Waals surface area (Å²) in [5, 5.41) is 2.04. The maximum Gasteiger partial charge on any atom is 0.323 e. The monoisotopic (exact) mass is 239 g/mol. The quantitative estimate of drug-likeness (QED) is 0.693. The minimum atomic E-state index is -0.596. The van der Waals surface area contributed by atoms with E-state index >= 15 is 0 Å². The molecule has 1 aromatic heterocycles. The summed E-state index contributed by atoms with van der Waals surface area (Å²) in [6.07, 6.45) is 0. The highest BCUT2D eigenvalue weighted by Gasteiger charge is 2.09. The molecule has 0 aliphatic rings.